The van der Waals surface area contributed by atoms with Crippen LogP contribution in [0, 0.1) is 0 Å². The van der Waals surface area contributed by atoms with Crippen LogP contribution in [-0.2, 0) is 17.5 Å². The summed E-state index contributed by atoms with van der Waals surface area (Å²) in [5.74, 6) is -0.681. The lowest BCUT2D eigenvalue weighted by Crippen LogP contribution is -2.43. The number of halogens is 3. The average molecular weight is 343 g/mol. The Morgan fingerprint density at radius 1 is 1.46 bits per heavy atom. The van der Waals surface area contributed by atoms with E-state index in [4.69, 9.17) is 4.74 Å². The summed E-state index contributed by atoms with van der Waals surface area (Å²) < 4.78 is 44.1. The van der Waals surface area contributed by atoms with Gasteiger partial charge in [-0.05, 0) is 43.0 Å². The van der Waals surface area contributed by atoms with E-state index in [0.29, 0.717) is 18.4 Å². The van der Waals surface area contributed by atoms with Gasteiger partial charge < -0.3 is 14.7 Å². The van der Waals surface area contributed by atoms with Crippen LogP contribution >= 0.6 is 0 Å². The van der Waals surface area contributed by atoms with Crippen LogP contribution in [0.4, 0.5) is 13.2 Å². The third-order valence-electron chi connectivity index (χ3n) is 4.22. The minimum atomic E-state index is -4.55. The molecule has 24 heavy (non-hydrogen) atoms. The molecule has 132 valence electrons. The number of carbonyl (C=O) groups is 1. The molecule has 0 radical (unpaired) electrons. The third-order valence-corrected chi connectivity index (χ3v) is 4.22. The summed E-state index contributed by atoms with van der Waals surface area (Å²) in [5.41, 5.74) is -0.571. The molecule has 0 spiro atoms. The van der Waals surface area contributed by atoms with E-state index in [1.807, 2.05) is 0 Å². The molecular weight excluding hydrogens is 323 g/mol. The number of ether oxygens (including phenoxy) is 1. The number of methoxy groups -OCH3 is 1. The normalized spacial score (nSPS) is 20.7. The average Bonchev–Trinajstić information content (AvgIpc) is 2.96. The molecule has 1 aliphatic carbocycles. The van der Waals surface area contributed by atoms with Gasteiger partial charge in [0, 0.05) is 6.54 Å². The van der Waals surface area contributed by atoms with Crippen LogP contribution in [0.3, 0.4) is 0 Å². The number of hydrogen-bond acceptors (Lipinski definition) is 3. The Morgan fingerprint density at radius 3 is 2.67 bits per heavy atom. The minimum absolute atomic E-state index is 0.0281. The quantitative estimate of drug-likeness (QED) is 0.836. The van der Waals surface area contributed by atoms with E-state index in [2.05, 4.69) is 6.58 Å². The fourth-order valence-corrected chi connectivity index (χ4v) is 3.03. The molecule has 4 nitrogen and oxygen atoms in total. The summed E-state index contributed by atoms with van der Waals surface area (Å²) >= 11 is 0. The summed E-state index contributed by atoms with van der Waals surface area (Å²) in [7, 11) is 1.17. The molecule has 2 rings (SSSR count). The van der Waals surface area contributed by atoms with Crippen molar-refractivity contribution in [2.75, 3.05) is 7.11 Å². The topological polar surface area (TPSA) is 49.8 Å². The first-order valence-corrected chi connectivity index (χ1v) is 7.63. The molecule has 2 atom stereocenters. The molecule has 0 bridgehead atoms. The van der Waals surface area contributed by atoms with E-state index in [0.717, 1.165) is 18.6 Å². The SMILES string of the molecule is C=CC(=O)N(Cc1ccc(OC)c(C(F)(F)F)c1)[C@@H]1CCC[C@H]1O. The second kappa shape index (κ2) is 7.25. The van der Waals surface area contributed by atoms with Gasteiger partial charge in [0.25, 0.3) is 0 Å². The predicted molar refractivity (Wildman–Crippen MR) is 82.4 cm³/mol. The van der Waals surface area contributed by atoms with Gasteiger partial charge in [-0.3, -0.25) is 4.79 Å². The molecule has 1 aliphatic rings. The van der Waals surface area contributed by atoms with Crippen LogP contribution in [0.15, 0.2) is 30.9 Å². The van der Waals surface area contributed by atoms with Gasteiger partial charge in [-0.1, -0.05) is 12.6 Å². The molecular formula is C17H20F3NO3. The van der Waals surface area contributed by atoms with Gasteiger partial charge in [-0.25, -0.2) is 0 Å². The van der Waals surface area contributed by atoms with Crippen LogP contribution in [0.2, 0.25) is 0 Å². The zero-order valence-electron chi connectivity index (χ0n) is 13.3. The number of amides is 1. The smallest absolute Gasteiger partial charge is 0.419 e. The number of carbonyl (C=O) groups excluding carboxylic acids is 1. The highest BCUT2D eigenvalue weighted by Gasteiger charge is 2.36. The van der Waals surface area contributed by atoms with Gasteiger partial charge in [0.1, 0.15) is 5.75 Å². The van der Waals surface area contributed by atoms with Crippen molar-refractivity contribution in [3.05, 3.63) is 42.0 Å². The van der Waals surface area contributed by atoms with Crippen molar-refractivity contribution in [2.24, 2.45) is 0 Å². The molecule has 0 unspecified atom stereocenters. The van der Waals surface area contributed by atoms with E-state index in [1.165, 1.54) is 24.1 Å². The highest BCUT2D eigenvalue weighted by molar-refractivity contribution is 5.87. The largest absolute Gasteiger partial charge is 0.496 e. The molecule has 0 aliphatic heterocycles. The van der Waals surface area contributed by atoms with Gasteiger partial charge >= 0.3 is 6.18 Å². The first-order chi connectivity index (χ1) is 11.3. The first-order valence-electron chi connectivity index (χ1n) is 7.63. The maximum Gasteiger partial charge on any atom is 0.419 e. The van der Waals surface area contributed by atoms with Gasteiger partial charge in [0.2, 0.25) is 5.91 Å². The van der Waals surface area contributed by atoms with Crippen LogP contribution in [0.1, 0.15) is 30.4 Å². The molecule has 1 amide bonds. The Kier molecular flexibility index (Phi) is 5.54. The Hall–Kier alpha value is -2.02. The summed E-state index contributed by atoms with van der Waals surface area (Å²) in [6.45, 7) is 3.40. The van der Waals surface area contributed by atoms with E-state index < -0.39 is 29.8 Å². The van der Waals surface area contributed by atoms with E-state index >= 15 is 0 Å². The number of benzene rings is 1. The van der Waals surface area contributed by atoms with Crippen molar-refractivity contribution < 1.29 is 27.8 Å². The van der Waals surface area contributed by atoms with Gasteiger partial charge in [0.15, 0.2) is 0 Å². The molecule has 0 heterocycles. The Bertz CT molecular complexity index is 616. The zero-order chi connectivity index (χ0) is 17.9. The van der Waals surface area contributed by atoms with E-state index in [9.17, 15) is 23.1 Å². The van der Waals surface area contributed by atoms with Crippen molar-refractivity contribution in [3.8, 4) is 5.75 Å². The Labute approximate surface area is 138 Å². The van der Waals surface area contributed by atoms with Gasteiger partial charge in [-0.15, -0.1) is 0 Å². The fourth-order valence-electron chi connectivity index (χ4n) is 3.03. The van der Waals surface area contributed by atoms with Crippen LogP contribution in [0.5, 0.6) is 5.75 Å². The molecule has 0 aromatic heterocycles. The van der Waals surface area contributed by atoms with Crippen LogP contribution < -0.4 is 4.74 Å². The standard InChI is InChI=1S/C17H20F3NO3/c1-3-16(23)21(13-5-4-6-14(13)22)10-11-7-8-15(24-2)12(9-11)17(18,19)20/h3,7-9,13-14,22H,1,4-6,10H2,2H3/t13-,14-/m1/s1. The number of aliphatic hydroxyl groups excluding tert-OH is 1. The minimum Gasteiger partial charge on any atom is -0.496 e. The summed E-state index contributed by atoms with van der Waals surface area (Å²) in [6.07, 6.45) is -2.16. The second-order valence-corrected chi connectivity index (χ2v) is 5.77. The van der Waals surface area contributed by atoms with Crippen molar-refractivity contribution in [1.29, 1.82) is 0 Å². The number of aliphatic hydroxyl groups is 1. The molecule has 1 aromatic rings. The number of hydrogen-bond donors (Lipinski definition) is 1. The highest BCUT2D eigenvalue weighted by Crippen LogP contribution is 2.37. The lowest BCUT2D eigenvalue weighted by Gasteiger charge is -2.30. The molecule has 1 saturated carbocycles. The molecule has 1 aromatic carbocycles. The summed E-state index contributed by atoms with van der Waals surface area (Å²) in [6, 6.07) is 3.29. The van der Waals surface area contributed by atoms with E-state index in [-0.39, 0.29) is 12.3 Å². The van der Waals surface area contributed by atoms with Crippen LogP contribution in [-0.4, -0.2) is 35.2 Å². The number of rotatable bonds is 5. The second-order valence-electron chi connectivity index (χ2n) is 5.77. The molecule has 1 N–H and O–H groups in total. The van der Waals surface area contributed by atoms with Crippen LogP contribution in [0.25, 0.3) is 0 Å². The van der Waals surface area contributed by atoms with Crippen molar-refractivity contribution in [2.45, 2.75) is 44.1 Å². The van der Waals surface area contributed by atoms with Gasteiger partial charge in [0.05, 0.1) is 24.8 Å². The van der Waals surface area contributed by atoms with E-state index in [1.54, 1.807) is 0 Å². The lowest BCUT2D eigenvalue weighted by atomic mass is 10.1. The Morgan fingerprint density at radius 2 is 2.17 bits per heavy atom. The maximum absolute atomic E-state index is 13.1. The summed E-state index contributed by atoms with van der Waals surface area (Å²) in [4.78, 5) is 13.5. The van der Waals surface area contributed by atoms with Gasteiger partial charge in [-0.2, -0.15) is 13.2 Å². The monoisotopic (exact) mass is 343 g/mol. The lowest BCUT2D eigenvalue weighted by molar-refractivity contribution is -0.138. The zero-order valence-corrected chi connectivity index (χ0v) is 13.3. The molecule has 1 fully saturated rings. The van der Waals surface area contributed by atoms with Crippen molar-refractivity contribution in [3.63, 3.8) is 0 Å². The third kappa shape index (κ3) is 3.90. The summed E-state index contributed by atoms with van der Waals surface area (Å²) in [5, 5.41) is 10.0. The molecule has 7 heteroatoms. The predicted octanol–water partition coefficient (Wildman–Crippen LogP) is 3.14. The maximum atomic E-state index is 13.1. The Balaban J connectivity index is 2.32. The molecule has 0 saturated heterocycles. The highest BCUT2D eigenvalue weighted by atomic mass is 19.4. The van der Waals surface area contributed by atoms with Crippen molar-refractivity contribution in [1.82, 2.24) is 4.90 Å². The first kappa shape index (κ1) is 18.3. The van der Waals surface area contributed by atoms with Crippen molar-refractivity contribution >= 4 is 5.91 Å². The fraction of sp³-hybridized carbons (Fsp3) is 0.471. The number of alkyl halides is 3. The number of nitrogens with zero attached hydrogens (tertiary/aromatic N) is 1.